The third-order valence-corrected chi connectivity index (χ3v) is 3.79. The Morgan fingerprint density at radius 1 is 1.13 bits per heavy atom. The number of nitrogens with zero attached hydrogens (tertiary/aromatic N) is 1. The lowest BCUT2D eigenvalue weighted by Gasteiger charge is -2.29. The summed E-state index contributed by atoms with van der Waals surface area (Å²) in [6, 6.07) is 7.62. The molecule has 1 aromatic carbocycles. The van der Waals surface area contributed by atoms with Crippen molar-refractivity contribution in [1.82, 2.24) is 10.2 Å². The normalized spacial score (nSPS) is 12.1. The minimum Gasteiger partial charge on any atom is -0.354 e. The van der Waals surface area contributed by atoms with Crippen LogP contribution in [0.4, 0.5) is 0 Å². The molecule has 0 spiro atoms. The molecule has 128 valence electrons. The molecular weight excluding hydrogens is 288 g/mol. The van der Waals surface area contributed by atoms with Gasteiger partial charge in [0.25, 0.3) is 0 Å². The molecular formula is C19H30N2O2. The fourth-order valence-corrected chi connectivity index (χ4v) is 2.28. The highest BCUT2D eigenvalue weighted by Crippen LogP contribution is 2.12. The van der Waals surface area contributed by atoms with Gasteiger partial charge in [0, 0.05) is 19.5 Å². The number of carbonyl (C=O) groups excluding carboxylic acids is 2. The molecule has 0 radical (unpaired) electrons. The van der Waals surface area contributed by atoms with Crippen LogP contribution in [0, 0.1) is 12.8 Å². The lowest BCUT2D eigenvalue weighted by Crippen LogP contribution is -2.48. The second-order valence-electron chi connectivity index (χ2n) is 6.57. The maximum absolute atomic E-state index is 12.4. The van der Waals surface area contributed by atoms with Crippen molar-refractivity contribution in [2.75, 3.05) is 6.54 Å². The van der Waals surface area contributed by atoms with E-state index in [1.54, 1.807) is 11.8 Å². The highest BCUT2D eigenvalue weighted by molar-refractivity contribution is 5.87. The van der Waals surface area contributed by atoms with Crippen LogP contribution in [0.25, 0.3) is 0 Å². The molecule has 4 nitrogen and oxygen atoms in total. The van der Waals surface area contributed by atoms with Gasteiger partial charge in [-0.05, 0) is 31.7 Å². The van der Waals surface area contributed by atoms with Gasteiger partial charge in [0.1, 0.15) is 6.04 Å². The molecule has 4 heteroatoms. The van der Waals surface area contributed by atoms with Crippen molar-refractivity contribution >= 4 is 11.8 Å². The van der Waals surface area contributed by atoms with E-state index in [4.69, 9.17) is 0 Å². The van der Waals surface area contributed by atoms with Crippen molar-refractivity contribution in [2.24, 2.45) is 5.92 Å². The minimum atomic E-state index is -0.464. The molecule has 0 unspecified atom stereocenters. The van der Waals surface area contributed by atoms with Crippen LogP contribution < -0.4 is 5.32 Å². The van der Waals surface area contributed by atoms with Crippen LogP contribution >= 0.6 is 0 Å². The Morgan fingerprint density at radius 2 is 1.74 bits per heavy atom. The molecule has 1 rings (SSSR count). The zero-order valence-electron chi connectivity index (χ0n) is 15.1. The fraction of sp³-hybridized carbons (Fsp3) is 0.579. The summed E-state index contributed by atoms with van der Waals surface area (Å²) in [7, 11) is 0. The first-order valence-electron chi connectivity index (χ1n) is 8.47. The molecule has 0 aromatic heterocycles. The van der Waals surface area contributed by atoms with Gasteiger partial charge < -0.3 is 10.2 Å². The molecule has 0 saturated carbocycles. The predicted octanol–water partition coefficient (Wildman–Crippen LogP) is 3.28. The van der Waals surface area contributed by atoms with E-state index in [0.29, 0.717) is 25.4 Å². The number of hydrogen-bond acceptors (Lipinski definition) is 2. The Morgan fingerprint density at radius 3 is 2.26 bits per heavy atom. The third-order valence-electron chi connectivity index (χ3n) is 3.79. The summed E-state index contributed by atoms with van der Waals surface area (Å²) in [5.41, 5.74) is 2.23. The second kappa shape index (κ2) is 9.33. The number of aryl methyl sites for hydroxylation is 1. The average Bonchev–Trinajstić information content (AvgIpc) is 2.51. The fourth-order valence-electron chi connectivity index (χ4n) is 2.28. The van der Waals surface area contributed by atoms with E-state index in [-0.39, 0.29) is 11.8 Å². The van der Waals surface area contributed by atoms with Crippen LogP contribution in [0.1, 0.15) is 51.7 Å². The molecule has 0 aliphatic heterocycles. The molecule has 0 fully saturated rings. The molecule has 0 aliphatic rings. The zero-order valence-corrected chi connectivity index (χ0v) is 15.1. The van der Waals surface area contributed by atoms with Crippen LogP contribution in [0.5, 0.6) is 0 Å². The van der Waals surface area contributed by atoms with Crippen molar-refractivity contribution in [1.29, 1.82) is 0 Å². The molecule has 23 heavy (non-hydrogen) atoms. The smallest absolute Gasteiger partial charge is 0.242 e. The Bertz CT molecular complexity index is 509. The molecule has 2 amide bonds. The van der Waals surface area contributed by atoms with Crippen molar-refractivity contribution in [3.8, 4) is 0 Å². The molecule has 1 aromatic rings. The second-order valence-corrected chi connectivity index (χ2v) is 6.57. The van der Waals surface area contributed by atoms with E-state index >= 15 is 0 Å². The zero-order chi connectivity index (χ0) is 17.4. The predicted molar refractivity (Wildman–Crippen MR) is 93.9 cm³/mol. The summed E-state index contributed by atoms with van der Waals surface area (Å²) in [5, 5.41) is 2.92. The first-order chi connectivity index (χ1) is 10.8. The Balaban J connectivity index is 2.84. The number of benzene rings is 1. The van der Waals surface area contributed by atoms with E-state index in [1.165, 1.54) is 5.56 Å². The van der Waals surface area contributed by atoms with Gasteiger partial charge in [-0.2, -0.15) is 0 Å². The summed E-state index contributed by atoms with van der Waals surface area (Å²) in [5.74, 6) is 0.332. The van der Waals surface area contributed by atoms with Gasteiger partial charge in [-0.25, -0.2) is 0 Å². The molecule has 0 aliphatic carbocycles. The Kier molecular flexibility index (Phi) is 7.79. The van der Waals surface area contributed by atoms with E-state index < -0.39 is 6.04 Å². The lowest BCUT2D eigenvalue weighted by molar-refractivity contribution is -0.140. The van der Waals surface area contributed by atoms with E-state index in [0.717, 1.165) is 12.0 Å². The average molecular weight is 318 g/mol. The van der Waals surface area contributed by atoms with Crippen LogP contribution in [0.15, 0.2) is 24.3 Å². The van der Waals surface area contributed by atoms with Crippen LogP contribution in [-0.4, -0.2) is 29.3 Å². The van der Waals surface area contributed by atoms with E-state index in [9.17, 15) is 9.59 Å². The standard InChI is InChI=1S/C19H30N2O2/c1-6-7-18(22)21(13-17-10-8-15(4)9-11-17)16(5)19(23)20-12-14(2)3/h8-11,14,16H,6-7,12-13H2,1-5H3,(H,20,23)/t16-/m1/s1. The summed E-state index contributed by atoms with van der Waals surface area (Å²) >= 11 is 0. The molecule has 1 atom stereocenters. The van der Waals surface area contributed by atoms with Crippen molar-refractivity contribution in [2.45, 2.75) is 60.0 Å². The monoisotopic (exact) mass is 318 g/mol. The number of nitrogens with one attached hydrogen (secondary N) is 1. The summed E-state index contributed by atoms with van der Waals surface area (Å²) < 4.78 is 0. The van der Waals surface area contributed by atoms with E-state index in [2.05, 4.69) is 19.2 Å². The number of rotatable bonds is 8. The molecule has 0 saturated heterocycles. The molecule has 1 N–H and O–H groups in total. The Hall–Kier alpha value is -1.84. The van der Waals surface area contributed by atoms with Crippen LogP contribution in [-0.2, 0) is 16.1 Å². The van der Waals surface area contributed by atoms with Gasteiger partial charge in [-0.3, -0.25) is 9.59 Å². The molecule has 0 bridgehead atoms. The largest absolute Gasteiger partial charge is 0.354 e. The van der Waals surface area contributed by atoms with Gasteiger partial charge in [-0.15, -0.1) is 0 Å². The first kappa shape index (κ1) is 19.2. The summed E-state index contributed by atoms with van der Waals surface area (Å²) in [4.78, 5) is 26.5. The van der Waals surface area contributed by atoms with Gasteiger partial charge in [0.15, 0.2) is 0 Å². The third kappa shape index (κ3) is 6.43. The van der Waals surface area contributed by atoms with Crippen molar-refractivity contribution < 1.29 is 9.59 Å². The summed E-state index contributed by atoms with van der Waals surface area (Å²) in [6.07, 6.45) is 1.25. The first-order valence-corrected chi connectivity index (χ1v) is 8.47. The van der Waals surface area contributed by atoms with Gasteiger partial charge in [-0.1, -0.05) is 50.6 Å². The van der Waals surface area contributed by atoms with Crippen LogP contribution in [0.3, 0.4) is 0 Å². The highest BCUT2D eigenvalue weighted by atomic mass is 16.2. The van der Waals surface area contributed by atoms with E-state index in [1.807, 2.05) is 38.1 Å². The number of carbonyl (C=O) groups is 2. The maximum atomic E-state index is 12.4. The SMILES string of the molecule is CCCC(=O)N(Cc1ccc(C)cc1)[C@H](C)C(=O)NCC(C)C. The van der Waals surface area contributed by atoms with Crippen LogP contribution in [0.2, 0.25) is 0 Å². The Labute approximate surface area is 140 Å². The molecule has 0 heterocycles. The quantitative estimate of drug-likeness (QED) is 0.799. The van der Waals surface area contributed by atoms with Gasteiger partial charge >= 0.3 is 0 Å². The van der Waals surface area contributed by atoms with Crippen molar-refractivity contribution in [3.63, 3.8) is 0 Å². The number of hydrogen-bond donors (Lipinski definition) is 1. The van der Waals surface area contributed by atoms with Gasteiger partial charge in [0.05, 0.1) is 0 Å². The topological polar surface area (TPSA) is 49.4 Å². The summed E-state index contributed by atoms with van der Waals surface area (Å²) in [6.45, 7) is 11.0. The number of amides is 2. The maximum Gasteiger partial charge on any atom is 0.242 e. The highest BCUT2D eigenvalue weighted by Gasteiger charge is 2.25. The van der Waals surface area contributed by atoms with Gasteiger partial charge in [0.2, 0.25) is 11.8 Å². The lowest BCUT2D eigenvalue weighted by atomic mass is 10.1. The minimum absolute atomic E-state index is 0.0280. The van der Waals surface area contributed by atoms with Crippen molar-refractivity contribution in [3.05, 3.63) is 35.4 Å².